The fourth-order valence-corrected chi connectivity index (χ4v) is 5.35. The summed E-state index contributed by atoms with van der Waals surface area (Å²) in [7, 11) is 0. The molecule has 0 spiro atoms. The van der Waals surface area contributed by atoms with E-state index < -0.39 is 42.4 Å². The number of aliphatic hydroxyl groups is 1. The van der Waals surface area contributed by atoms with Crippen molar-refractivity contribution in [3.63, 3.8) is 0 Å². The highest BCUT2D eigenvalue weighted by Gasteiger charge is 2.33. The monoisotopic (exact) mass is 613 g/mol. The van der Waals surface area contributed by atoms with E-state index in [9.17, 15) is 34.2 Å². The lowest BCUT2D eigenvalue weighted by Crippen LogP contribution is -2.56. The predicted octanol–water partition coefficient (Wildman–Crippen LogP) is 1.03. The second-order valence-electron chi connectivity index (χ2n) is 11.0. The smallest absolute Gasteiger partial charge is 0.409 e. The second kappa shape index (κ2) is 14.3. The fourth-order valence-electron chi connectivity index (χ4n) is 5.35. The van der Waals surface area contributed by atoms with E-state index in [1.54, 1.807) is 30.9 Å². The number of piperazine rings is 1. The molecule has 2 aliphatic heterocycles. The first-order valence-electron chi connectivity index (χ1n) is 14.7. The molecule has 238 valence electrons. The Morgan fingerprint density at radius 3 is 2.36 bits per heavy atom. The number of fused-ring (bicyclic) bond motifs is 1. The molecule has 2 aliphatic rings. The van der Waals surface area contributed by atoms with Crippen LogP contribution in [-0.2, 0) is 19.1 Å². The molecular formula is C30H39N5O9. The Labute approximate surface area is 254 Å². The molecule has 3 atom stereocenters. The quantitative estimate of drug-likeness (QED) is 0.350. The minimum Gasteiger partial charge on any atom is -0.481 e. The maximum absolute atomic E-state index is 13.5. The van der Waals surface area contributed by atoms with Crippen molar-refractivity contribution in [1.29, 1.82) is 0 Å². The van der Waals surface area contributed by atoms with Gasteiger partial charge < -0.3 is 39.7 Å². The first-order valence-corrected chi connectivity index (χ1v) is 14.7. The molecule has 2 unspecified atom stereocenters. The number of rotatable bonds is 10. The largest absolute Gasteiger partial charge is 0.481 e. The van der Waals surface area contributed by atoms with E-state index in [1.165, 1.54) is 15.9 Å². The fraction of sp³-hybridized carbons (Fsp3) is 0.533. The van der Waals surface area contributed by atoms with Crippen molar-refractivity contribution in [1.82, 2.24) is 25.0 Å². The molecule has 14 nitrogen and oxygen atoms in total. The minimum atomic E-state index is -1.39. The Morgan fingerprint density at radius 2 is 1.73 bits per heavy atom. The second-order valence-corrected chi connectivity index (χ2v) is 11.0. The number of carboxylic acids is 1. The highest BCUT2D eigenvalue weighted by molar-refractivity contribution is 6.00. The highest BCUT2D eigenvalue weighted by Crippen LogP contribution is 2.28. The van der Waals surface area contributed by atoms with Gasteiger partial charge in [0.2, 0.25) is 5.91 Å². The van der Waals surface area contributed by atoms with Crippen molar-refractivity contribution in [3.05, 3.63) is 35.5 Å². The van der Waals surface area contributed by atoms with Crippen molar-refractivity contribution < 1.29 is 43.7 Å². The molecule has 0 saturated carbocycles. The zero-order chi connectivity index (χ0) is 32.0. The van der Waals surface area contributed by atoms with Crippen LogP contribution in [0.4, 0.5) is 4.79 Å². The number of carbonyl (C=O) groups is 5. The predicted molar refractivity (Wildman–Crippen MR) is 157 cm³/mol. The van der Waals surface area contributed by atoms with Crippen LogP contribution in [-0.4, -0.2) is 124 Å². The molecule has 0 bridgehead atoms. The number of nitrogens with one attached hydrogen (secondary N) is 1. The molecule has 0 aliphatic carbocycles. The van der Waals surface area contributed by atoms with Gasteiger partial charge in [0.1, 0.15) is 17.5 Å². The number of aliphatic hydroxyl groups excluding tert-OH is 1. The average Bonchev–Trinajstić information content (AvgIpc) is 3.49. The molecule has 3 heterocycles. The van der Waals surface area contributed by atoms with Gasteiger partial charge in [-0.25, -0.2) is 9.78 Å². The van der Waals surface area contributed by atoms with Gasteiger partial charge in [-0.3, -0.25) is 19.2 Å². The van der Waals surface area contributed by atoms with Gasteiger partial charge in [-0.2, -0.15) is 0 Å². The zero-order valence-electron chi connectivity index (χ0n) is 25.2. The molecule has 2 saturated heterocycles. The van der Waals surface area contributed by atoms with Crippen LogP contribution >= 0.6 is 0 Å². The van der Waals surface area contributed by atoms with Gasteiger partial charge in [0.05, 0.1) is 18.5 Å². The van der Waals surface area contributed by atoms with E-state index in [1.807, 2.05) is 13.0 Å². The number of pyridine rings is 1. The van der Waals surface area contributed by atoms with Crippen molar-refractivity contribution in [2.24, 2.45) is 5.92 Å². The molecule has 3 N–H and O–H groups in total. The number of carboxylic acid groups (broad SMARTS) is 1. The summed E-state index contributed by atoms with van der Waals surface area (Å²) in [5, 5.41) is 22.0. The van der Waals surface area contributed by atoms with Gasteiger partial charge in [0.25, 0.3) is 11.8 Å². The number of likely N-dealkylation sites (tertiary alicyclic amines) is 1. The van der Waals surface area contributed by atoms with Gasteiger partial charge in [-0.15, -0.1) is 0 Å². The summed E-state index contributed by atoms with van der Waals surface area (Å²) >= 11 is 0. The molecule has 0 radical (unpaired) electrons. The summed E-state index contributed by atoms with van der Waals surface area (Å²) in [6.07, 6.45) is -1.34. The summed E-state index contributed by atoms with van der Waals surface area (Å²) in [5.74, 6) is -2.66. The number of ether oxygens (including phenoxy) is 2. The SMILES string of the molecule is CCOC(=O)N1CCN(C(=O)C(CC(=O)O)NC(=O)c2cc(O[C@H](C)C(=O)N3CCC(CO)C3)c3ccc(C)cc3n2)CC1. The van der Waals surface area contributed by atoms with E-state index in [2.05, 4.69) is 10.3 Å². The van der Waals surface area contributed by atoms with Gasteiger partial charge in [0.15, 0.2) is 6.10 Å². The molecule has 44 heavy (non-hydrogen) atoms. The number of aromatic nitrogens is 1. The molecule has 1 aromatic carbocycles. The van der Waals surface area contributed by atoms with Crippen LogP contribution in [0.3, 0.4) is 0 Å². The van der Waals surface area contributed by atoms with Crippen LogP contribution in [0.25, 0.3) is 10.9 Å². The molecule has 2 fully saturated rings. The Morgan fingerprint density at radius 1 is 1.02 bits per heavy atom. The van der Waals surface area contributed by atoms with Gasteiger partial charge in [-0.1, -0.05) is 6.07 Å². The van der Waals surface area contributed by atoms with Crippen LogP contribution in [0.1, 0.15) is 42.7 Å². The van der Waals surface area contributed by atoms with Crippen LogP contribution < -0.4 is 10.1 Å². The molecule has 4 amide bonds. The maximum atomic E-state index is 13.5. The lowest BCUT2D eigenvalue weighted by atomic mass is 10.1. The normalized spacial score (nSPS) is 18.1. The van der Waals surface area contributed by atoms with E-state index in [4.69, 9.17) is 9.47 Å². The molecule has 1 aromatic heterocycles. The highest BCUT2D eigenvalue weighted by atomic mass is 16.6. The molecule has 2 aromatic rings. The topological polar surface area (TPSA) is 179 Å². The summed E-state index contributed by atoms with van der Waals surface area (Å²) < 4.78 is 11.1. The third-order valence-corrected chi connectivity index (χ3v) is 7.77. The van der Waals surface area contributed by atoms with E-state index in [0.29, 0.717) is 30.4 Å². The maximum Gasteiger partial charge on any atom is 0.409 e. The lowest BCUT2D eigenvalue weighted by molar-refractivity contribution is -0.143. The average molecular weight is 614 g/mol. The van der Waals surface area contributed by atoms with Crippen LogP contribution in [0.15, 0.2) is 24.3 Å². The van der Waals surface area contributed by atoms with E-state index in [0.717, 1.165) is 5.56 Å². The van der Waals surface area contributed by atoms with Crippen molar-refractivity contribution in [3.8, 4) is 5.75 Å². The lowest BCUT2D eigenvalue weighted by Gasteiger charge is -2.35. The van der Waals surface area contributed by atoms with E-state index in [-0.39, 0.29) is 62.7 Å². The van der Waals surface area contributed by atoms with Crippen LogP contribution in [0.2, 0.25) is 0 Å². The first-order chi connectivity index (χ1) is 21.0. The summed E-state index contributed by atoms with van der Waals surface area (Å²) in [4.78, 5) is 72.5. The van der Waals surface area contributed by atoms with Crippen molar-refractivity contribution in [2.75, 3.05) is 52.5 Å². The number of aliphatic carboxylic acids is 1. The van der Waals surface area contributed by atoms with E-state index >= 15 is 0 Å². The number of amides is 4. The van der Waals surface area contributed by atoms with Crippen LogP contribution in [0.5, 0.6) is 5.75 Å². The van der Waals surface area contributed by atoms with Gasteiger partial charge in [-0.05, 0) is 44.9 Å². The van der Waals surface area contributed by atoms with Gasteiger partial charge in [0, 0.05) is 63.2 Å². The summed E-state index contributed by atoms with van der Waals surface area (Å²) in [5.41, 5.74) is 1.17. The number of nitrogens with zero attached hydrogens (tertiary/aromatic N) is 4. The standard InChI is InChI=1S/C30H39N5O9/c1-4-43-30(42)34-11-9-33(10-12-34)29(41)24(15-26(37)38)32-27(39)23-14-25(21-6-5-18(2)13-22(21)31-23)44-19(3)28(40)35-8-7-20(16-35)17-36/h5-6,13-14,19-20,24,36H,4,7-12,15-17H2,1-3H3,(H,32,39)(H,37,38)/t19-,20?,24?/m1/s1. The van der Waals surface area contributed by atoms with Crippen molar-refractivity contribution >= 4 is 40.7 Å². The number of hydrogen-bond acceptors (Lipinski definition) is 9. The van der Waals surface area contributed by atoms with Gasteiger partial charge >= 0.3 is 12.1 Å². The Balaban J connectivity index is 1.52. The first kappa shape index (κ1) is 32.5. The number of benzene rings is 1. The third-order valence-electron chi connectivity index (χ3n) is 7.77. The van der Waals surface area contributed by atoms with Crippen molar-refractivity contribution in [2.45, 2.75) is 45.8 Å². The summed E-state index contributed by atoms with van der Waals surface area (Å²) in [6, 6.07) is 5.36. The number of hydrogen-bond donors (Lipinski definition) is 3. The Kier molecular flexibility index (Phi) is 10.6. The number of aryl methyl sites for hydroxylation is 1. The third kappa shape index (κ3) is 7.73. The Hall–Kier alpha value is -4.46. The minimum absolute atomic E-state index is 0.000998. The molecule has 4 rings (SSSR count). The summed E-state index contributed by atoms with van der Waals surface area (Å²) in [6.45, 7) is 7.04. The Bertz CT molecular complexity index is 1410. The molecule has 14 heteroatoms. The number of carbonyl (C=O) groups excluding carboxylic acids is 4. The van der Waals surface area contributed by atoms with Crippen LogP contribution in [0, 0.1) is 12.8 Å². The zero-order valence-corrected chi connectivity index (χ0v) is 25.2. The molecular weight excluding hydrogens is 574 g/mol.